The van der Waals surface area contributed by atoms with Gasteiger partial charge in [-0.2, -0.15) is 13.2 Å². The van der Waals surface area contributed by atoms with Crippen molar-refractivity contribution in [3.63, 3.8) is 0 Å². The highest BCUT2D eigenvalue weighted by Crippen LogP contribution is 2.37. The third-order valence-electron chi connectivity index (χ3n) is 3.42. The lowest BCUT2D eigenvalue weighted by molar-refractivity contribution is -0.187. The highest BCUT2D eigenvalue weighted by Gasteiger charge is 2.45. The zero-order valence-corrected chi connectivity index (χ0v) is 10.3. The minimum Gasteiger partial charge on any atom is -0.360 e. The Labute approximate surface area is 104 Å². The van der Waals surface area contributed by atoms with Crippen LogP contribution in [0.3, 0.4) is 0 Å². The molecule has 2 N–H and O–H groups in total. The van der Waals surface area contributed by atoms with E-state index in [-0.39, 0.29) is 6.42 Å². The fraction of sp³-hybridized carbons (Fsp3) is 0.909. The summed E-state index contributed by atoms with van der Waals surface area (Å²) in [5, 5.41) is 6.26. The number of alkyl halides is 3. The van der Waals surface area contributed by atoms with Gasteiger partial charge in [-0.15, -0.1) is 0 Å². The zero-order chi connectivity index (χ0) is 12.5. The average molecular weight is 266 g/mol. The maximum absolute atomic E-state index is 12.8. The van der Waals surface area contributed by atoms with Gasteiger partial charge in [0, 0.05) is 12.1 Å². The van der Waals surface area contributed by atoms with Crippen LogP contribution in [0.1, 0.15) is 38.5 Å². The van der Waals surface area contributed by atoms with Crippen LogP contribution in [0, 0.1) is 5.92 Å². The van der Waals surface area contributed by atoms with Crippen LogP contribution in [-0.4, -0.2) is 23.4 Å². The molecule has 2 aliphatic carbocycles. The molecule has 2 atom stereocenters. The van der Waals surface area contributed by atoms with Crippen molar-refractivity contribution in [1.29, 1.82) is 0 Å². The standard InChI is InChI=1S/C11H17F3N2S/c12-11(13,14)8-3-1-2-4-9(8)16-10(17)15-7-5-6-7/h7-9H,1-6H2,(H2,15,16,17)/t8-,9-/m0/s1. The lowest BCUT2D eigenvalue weighted by Crippen LogP contribution is -2.50. The normalized spacial score (nSPS) is 29.8. The van der Waals surface area contributed by atoms with E-state index in [9.17, 15) is 13.2 Å². The minimum absolute atomic E-state index is 0.215. The number of hydrogen-bond acceptors (Lipinski definition) is 1. The van der Waals surface area contributed by atoms with Crippen molar-refractivity contribution >= 4 is 17.3 Å². The molecular formula is C11H17F3N2S. The maximum atomic E-state index is 12.8. The highest BCUT2D eigenvalue weighted by molar-refractivity contribution is 7.80. The van der Waals surface area contributed by atoms with Gasteiger partial charge in [0.05, 0.1) is 5.92 Å². The Morgan fingerprint density at radius 3 is 2.24 bits per heavy atom. The quantitative estimate of drug-likeness (QED) is 0.752. The van der Waals surface area contributed by atoms with Gasteiger partial charge in [0.15, 0.2) is 5.11 Å². The van der Waals surface area contributed by atoms with Crippen molar-refractivity contribution in [1.82, 2.24) is 10.6 Å². The van der Waals surface area contributed by atoms with Crippen molar-refractivity contribution in [3.8, 4) is 0 Å². The third-order valence-corrected chi connectivity index (χ3v) is 3.65. The van der Waals surface area contributed by atoms with Gasteiger partial charge in [-0.05, 0) is 37.9 Å². The van der Waals surface area contributed by atoms with E-state index in [0.717, 1.165) is 19.3 Å². The van der Waals surface area contributed by atoms with Gasteiger partial charge in [-0.25, -0.2) is 0 Å². The second-order valence-corrected chi connectivity index (χ2v) is 5.34. The third kappa shape index (κ3) is 3.72. The van der Waals surface area contributed by atoms with Crippen molar-refractivity contribution < 1.29 is 13.2 Å². The zero-order valence-electron chi connectivity index (χ0n) is 9.52. The highest BCUT2D eigenvalue weighted by atomic mass is 32.1. The molecule has 2 nitrogen and oxygen atoms in total. The number of halogens is 3. The van der Waals surface area contributed by atoms with E-state index in [1.807, 2.05) is 0 Å². The van der Waals surface area contributed by atoms with Gasteiger partial charge in [0.25, 0.3) is 0 Å². The van der Waals surface area contributed by atoms with E-state index in [1.54, 1.807) is 0 Å². The molecular weight excluding hydrogens is 249 g/mol. The molecule has 0 bridgehead atoms. The smallest absolute Gasteiger partial charge is 0.360 e. The van der Waals surface area contributed by atoms with E-state index >= 15 is 0 Å². The fourth-order valence-corrected chi connectivity index (χ4v) is 2.64. The van der Waals surface area contributed by atoms with Crippen molar-refractivity contribution in [2.24, 2.45) is 5.92 Å². The second kappa shape index (κ2) is 5.00. The van der Waals surface area contributed by atoms with Crippen LogP contribution < -0.4 is 10.6 Å². The summed E-state index contributed by atoms with van der Waals surface area (Å²) in [6, 6.07) is -0.176. The number of thiocarbonyl (C=S) groups is 1. The van der Waals surface area contributed by atoms with Crippen molar-refractivity contribution in [3.05, 3.63) is 0 Å². The molecule has 0 amide bonds. The molecule has 0 aromatic heterocycles. The number of rotatable bonds is 2. The summed E-state index contributed by atoms with van der Waals surface area (Å²) in [5.41, 5.74) is 0. The Balaban J connectivity index is 1.88. The summed E-state index contributed by atoms with van der Waals surface area (Å²) in [4.78, 5) is 0. The number of hydrogen-bond donors (Lipinski definition) is 2. The first kappa shape index (κ1) is 12.9. The van der Waals surface area contributed by atoms with E-state index in [2.05, 4.69) is 10.6 Å². The Morgan fingerprint density at radius 2 is 1.65 bits per heavy atom. The second-order valence-electron chi connectivity index (χ2n) is 4.93. The van der Waals surface area contributed by atoms with Crippen LogP contribution in [0.2, 0.25) is 0 Å². The molecule has 6 heteroatoms. The molecule has 98 valence electrons. The molecule has 0 aliphatic heterocycles. The van der Waals surface area contributed by atoms with E-state index < -0.39 is 18.1 Å². The van der Waals surface area contributed by atoms with Crippen LogP contribution in [0.25, 0.3) is 0 Å². The van der Waals surface area contributed by atoms with E-state index in [1.165, 1.54) is 0 Å². The first-order valence-electron chi connectivity index (χ1n) is 6.10. The van der Waals surface area contributed by atoms with Gasteiger partial charge in [0.2, 0.25) is 0 Å². The molecule has 0 spiro atoms. The van der Waals surface area contributed by atoms with E-state index in [0.29, 0.717) is 24.0 Å². The molecule has 2 aliphatic rings. The summed E-state index contributed by atoms with van der Waals surface area (Å²) in [7, 11) is 0. The monoisotopic (exact) mass is 266 g/mol. The summed E-state index contributed by atoms with van der Waals surface area (Å²) >= 11 is 5.04. The fourth-order valence-electron chi connectivity index (χ4n) is 2.32. The summed E-state index contributed by atoms with van der Waals surface area (Å²) < 4.78 is 38.4. The van der Waals surface area contributed by atoms with Crippen molar-refractivity contribution in [2.75, 3.05) is 0 Å². The van der Waals surface area contributed by atoms with Crippen LogP contribution >= 0.6 is 12.2 Å². The SMILES string of the molecule is FC(F)(F)[C@H]1CCCC[C@@H]1NC(=S)NC1CC1. The largest absolute Gasteiger partial charge is 0.393 e. The maximum Gasteiger partial charge on any atom is 0.393 e. The van der Waals surface area contributed by atoms with Gasteiger partial charge in [-0.1, -0.05) is 12.8 Å². The Morgan fingerprint density at radius 1 is 1.00 bits per heavy atom. The molecule has 2 rings (SSSR count). The molecule has 2 saturated carbocycles. The number of nitrogens with one attached hydrogen (secondary N) is 2. The molecule has 0 aromatic rings. The van der Waals surface area contributed by atoms with Crippen LogP contribution in [0.15, 0.2) is 0 Å². The molecule has 0 aromatic carbocycles. The predicted molar refractivity (Wildman–Crippen MR) is 63.7 cm³/mol. The van der Waals surface area contributed by atoms with Gasteiger partial charge in [0.1, 0.15) is 0 Å². The molecule has 0 radical (unpaired) electrons. The lowest BCUT2D eigenvalue weighted by Gasteiger charge is -2.34. The molecule has 17 heavy (non-hydrogen) atoms. The molecule has 0 unspecified atom stereocenters. The van der Waals surface area contributed by atoms with Gasteiger partial charge in [-0.3, -0.25) is 0 Å². The van der Waals surface area contributed by atoms with Crippen LogP contribution in [-0.2, 0) is 0 Å². The summed E-state index contributed by atoms with van der Waals surface area (Å²) in [5.74, 6) is -1.25. The molecule has 0 saturated heterocycles. The first-order chi connectivity index (χ1) is 7.97. The Hall–Kier alpha value is -0.520. The van der Waals surface area contributed by atoms with E-state index in [4.69, 9.17) is 12.2 Å². The topological polar surface area (TPSA) is 24.1 Å². The van der Waals surface area contributed by atoms with Gasteiger partial charge < -0.3 is 10.6 Å². The lowest BCUT2D eigenvalue weighted by atomic mass is 9.84. The first-order valence-corrected chi connectivity index (χ1v) is 6.51. The van der Waals surface area contributed by atoms with Gasteiger partial charge >= 0.3 is 6.18 Å². The van der Waals surface area contributed by atoms with Crippen molar-refractivity contribution in [2.45, 2.75) is 56.8 Å². The van der Waals surface area contributed by atoms with Crippen LogP contribution in [0.5, 0.6) is 0 Å². The Bertz CT molecular complexity index is 289. The Kier molecular flexibility index (Phi) is 3.80. The predicted octanol–water partition coefficient (Wildman–Crippen LogP) is 2.73. The molecule has 0 heterocycles. The van der Waals surface area contributed by atoms with Crippen LogP contribution in [0.4, 0.5) is 13.2 Å². The minimum atomic E-state index is -4.12. The average Bonchev–Trinajstić information content (AvgIpc) is 3.00. The summed E-state index contributed by atoms with van der Waals surface area (Å²) in [6.45, 7) is 0. The molecule has 2 fully saturated rings. The summed E-state index contributed by atoms with van der Waals surface area (Å²) in [6.07, 6.45) is 0.281.